The van der Waals surface area contributed by atoms with Crippen molar-refractivity contribution in [2.45, 2.75) is 40.0 Å². The van der Waals surface area contributed by atoms with E-state index in [0.29, 0.717) is 6.42 Å². The maximum atomic E-state index is 11.3. The third-order valence-corrected chi connectivity index (χ3v) is 2.21. The van der Waals surface area contributed by atoms with Crippen molar-refractivity contribution in [3.05, 3.63) is 0 Å². The Bertz CT molecular complexity index is 148. The molecule has 0 unspecified atom stereocenters. The van der Waals surface area contributed by atoms with Gasteiger partial charge in [0.2, 0.25) is 5.91 Å². The highest BCUT2D eigenvalue weighted by atomic mass is 16.1. The molecule has 1 N–H and O–H groups in total. The molecule has 0 aromatic rings. The van der Waals surface area contributed by atoms with E-state index in [4.69, 9.17) is 0 Å². The lowest BCUT2D eigenvalue weighted by Crippen LogP contribution is -2.31. The fourth-order valence-electron chi connectivity index (χ4n) is 1.36. The van der Waals surface area contributed by atoms with E-state index in [1.807, 2.05) is 0 Å². The number of nitrogens with zero attached hydrogens (tertiary/aromatic N) is 1. The van der Waals surface area contributed by atoms with E-state index in [0.717, 1.165) is 39.0 Å². The van der Waals surface area contributed by atoms with Gasteiger partial charge < -0.3 is 10.2 Å². The summed E-state index contributed by atoms with van der Waals surface area (Å²) in [5.74, 6) is 0.182. The first kappa shape index (κ1) is 13.4. The Morgan fingerprint density at radius 2 is 1.86 bits per heavy atom. The summed E-state index contributed by atoms with van der Waals surface area (Å²) in [5.41, 5.74) is 0. The zero-order valence-corrected chi connectivity index (χ0v) is 9.81. The average Bonchev–Trinajstić information content (AvgIpc) is 2.21. The Morgan fingerprint density at radius 1 is 1.14 bits per heavy atom. The molecule has 84 valence electrons. The van der Waals surface area contributed by atoms with Gasteiger partial charge in [0, 0.05) is 19.5 Å². The summed E-state index contributed by atoms with van der Waals surface area (Å²) in [5, 5.41) is 2.89. The van der Waals surface area contributed by atoms with Crippen LogP contribution in [0, 0.1) is 0 Å². The van der Waals surface area contributed by atoms with Crippen LogP contribution in [-0.2, 0) is 4.79 Å². The molecular formula is C11H24N2O. The average molecular weight is 200 g/mol. The van der Waals surface area contributed by atoms with Gasteiger partial charge in [0.1, 0.15) is 0 Å². The molecule has 0 rings (SSSR count). The Kier molecular flexibility index (Phi) is 8.64. The summed E-state index contributed by atoms with van der Waals surface area (Å²) >= 11 is 0. The molecule has 3 heteroatoms. The van der Waals surface area contributed by atoms with Crippen molar-refractivity contribution < 1.29 is 4.79 Å². The molecule has 0 saturated carbocycles. The second-order valence-electron chi connectivity index (χ2n) is 3.53. The van der Waals surface area contributed by atoms with Crippen LogP contribution in [0.3, 0.4) is 0 Å². The van der Waals surface area contributed by atoms with Crippen molar-refractivity contribution in [3.8, 4) is 0 Å². The summed E-state index contributed by atoms with van der Waals surface area (Å²) in [6.07, 6.45) is 2.80. The summed E-state index contributed by atoms with van der Waals surface area (Å²) < 4.78 is 0. The minimum absolute atomic E-state index is 0.182. The van der Waals surface area contributed by atoms with Gasteiger partial charge in [-0.25, -0.2) is 0 Å². The van der Waals surface area contributed by atoms with Gasteiger partial charge in [0.05, 0.1) is 0 Å². The first-order valence-corrected chi connectivity index (χ1v) is 5.73. The highest BCUT2D eigenvalue weighted by Crippen LogP contribution is 1.93. The van der Waals surface area contributed by atoms with Crippen molar-refractivity contribution in [2.75, 3.05) is 26.2 Å². The lowest BCUT2D eigenvalue weighted by molar-refractivity contribution is -0.121. The number of hydrogen-bond acceptors (Lipinski definition) is 2. The van der Waals surface area contributed by atoms with Gasteiger partial charge in [-0.05, 0) is 25.9 Å². The molecule has 14 heavy (non-hydrogen) atoms. The van der Waals surface area contributed by atoms with Gasteiger partial charge in [0.25, 0.3) is 0 Å². The largest absolute Gasteiger partial charge is 0.356 e. The summed E-state index contributed by atoms with van der Waals surface area (Å²) in [4.78, 5) is 13.6. The number of carbonyl (C=O) groups is 1. The fraction of sp³-hybridized carbons (Fsp3) is 0.909. The zero-order valence-electron chi connectivity index (χ0n) is 9.81. The number of amides is 1. The van der Waals surface area contributed by atoms with Gasteiger partial charge in [-0.1, -0.05) is 20.8 Å². The molecule has 3 nitrogen and oxygen atoms in total. The summed E-state index contributed by atoms with van der Waals surface area (Å²) in [6, 6.07) is 0. The van der Waals surface area contributed by atoms with Crippen molar-refractivity contribution >= 4 is 5.91 Å². The van der Waals surface area contributed by atoms with Crippen LogP contribution in [0.4, 0.5) is 0 Å². The van der Waals surface area contributed by atoms with Crippen molar-refractivity contribution in [1.29, 1.82) is 0 Å². The predicted molar refractivity (Wildman–Crippen MR) is 60.3 cm³/mol. The molecule has 0 aliphatic rings. The molecule has 0 saturated heterocycles. The summed E-state index contributed by atoms with van der Waals surface area (Å²) in [6.45, 7) is 10.2. The Labute approximate surface area is 87.9 Å². The molecule has 0 radical (unpaired) electrons. The Morgan fingerprint density at radius 3 is 2.36 bits per heavy atom. The fourth-order valence-corrected chi connectivity index (χ4v) is 1.36. The third-order valence-electron chi connectivity index (χ3n) is 2.21. The van der Waals surface area contributed by atoms with E-state index in [2.05, 4.69) is 31.0 Å². The summed E-state index contributed by atoms with van der Waals surface area (Å²) in [7, 11) is 0. The van der Waals surface area contributed by atoms with E-state index in [-0.39, 0.29) is 5.91 Å². The van der Waals surface area contributed by atoms with Gasteiger partial charge in [-0.15, -0.1) is 0 Å². The normalized spacial score (nSPS) is 10.6. The van der Waals surface area contributed by atoms with Crippen LogP contribution in [0.1, 0.15) is 40.0 Å². The van der Waals surface area contributed by atoms with E-state index in [1.54, 1.807) is 0 Å². The van der Waals surface area contributed by atoms with Crippen molar-refractivity contribution in [2.24, 2.45) is 0 Å². The maximum absolute atomic E-state index is 11.3. The number of nitrogens with one attached hydrogen (secondary N) is 1. The van der Waals surface area contributed by atoms with Crippen molar-refractivity contribution in [3.63, 3.8) is 0 Å². The highest BCUT2D eigenvalue weighted by Gasteiger charge is 2.04. The van der Waals surface area contributed by atoms with Gasteiger partial charge >= 0.3 is 0 Å². The van der Waals surface area contributed by atoms with Gasteiger partial charge in [-0.3, -0.25) is 4.79 Å². The second-order valence-corrected chi connectivity index (χ2v) is 3.53. The van der Waals surface area contributed by atoms with E-state index in [9.17, 15) is 4.79 Å². The molecule has 0 aliphatic heterocycles. The minimum atomic E-state index is 0.182. The second kappa shape index (κ2) is 9.00. The SMILES string of the molecule is CCCNC(=O)CCN(CC)CCC. The zero-order chi connectivity index (χ0) is 10.8. The van der Waals surface area contributed by atoms with Crippen LogP contribution in [-0.4, -0.2) is 37.0 Å². The van der Waals surface area contributed by atoms with Crippen LogP contribution < -0.4 is 5.32 Å². The van der Waals surface area contributed by atoms with Crippen LogP contribution in [0.25, 0.3) is 0 Å². The molecule has 0 atom stereocenters. The van der Waals surface area contributed by atoms with Gasteiger partial charge in [0.15, 0.2) is 0 Å². The molecular weight excluding hydrogens is 176 g/mol. The molecule has 0 aromatic carbocycles. The Hall–Kier alpha value is -0.570. The lowest BCUT2D eigenvalue weighted by Gasteiger charge is -2.18. The first-order chi connectivity index (χ1) is 6.74. The maximum Gasteiger partial charge on any atom is 0.221 e. The lowest BCUT2D eigenvalue weighted by atomic mass is 10.3. The minimum Gasteiger partial charge on any atom is -0.356 e. The molecule has 0 heterocycles. The quantitative estimate of drug-likeness (QED) is 0.646. The van der Waals surface area contributed by atoms with E-state index in [1.165, 1.54) is 0 Å². The van der Waals surface area contributed by atoms with Gasteiger partial charge in [-0.2, -0.15) is 0 Å². The number of hydrogen-bond donors (Lipinski definition) is 1. The van der Waals surface area contributed by atoms with Crippen LogP contribution in [0.2, 0.25) is 0 Å². The number of carbonyl (C=O) groups excluding carboxylic acids is 1. The standard InChI is InChI=1S/C11H24N2O/c1-4-8-12-11(14)7-10-13(6-3)9-5-2/h4-10H2,1-3H3,(H,12,14). The van der Waals surface area contributed by atoms with Crippen molar-refractivity contribution in [1.82, 2.24) is 10.2 Å². The molecule has 0 fully saturated rings. The molecule has 0 bridgehead atoms. The molecule has 0 spiro atoms. The van der Waals surface area contributed by atoms with Crippen LogP contribution in [0.5, 0.6) is 0 Å². The monoisotopic (exact) mass is 200 g/mol. The smallest absolute Gasteiger partial charge is 0.221 e. The first-order valence-electron chi connectivity index (χ1n) is 5.73. The topological polar surface area (TPSA) is 32.3 Å². The van der Waals surface area contributed by atoms with Crippen LogP contribution in [0.15, 0.2) is 0 Å². The van der Waals surface area contributed by atoms with E-state index < -0.39 is 0 Å². The molecule has 1 amide bonds. The van der Waals surface area contributed by atoms with E-state index >= 15 is 0 Å². The molecule has 0 aromatic heterocycles. The Balaban J connectivity index is 3.52. The molecule has 0 aliphatic carbocycles. The van der Waals surface area contributed by atoms with Crippen LogP contribution >= 0.6 is 0 Å². The highest BCUT2D eigenvalue weighted by molar-refractivity contribution is 5.75. The third kappa shape index (κ3) is 6.89. The predicted octanol–water partition coefficient (Wildman–Crippen LogP) is 1.63. The number of rotatable bonds is 8.